The zero-order valence-electron chi connectivity index (χ0n) is 10.6. The summed E-state index contributed by atoms with van der Waals surface area (Å²) in [6.45, 7) is 0.368. The predicted octanol–water partition coefficient (Wildman–Crippen LogP) is 3.47. The van der Waals surface area contributed by atoms with Gasteiger partial charge in [-0.05, 0) is 29.8 Å². The Hall–Kier alpha value is -2.11. The molecule has 0 amide bonds. The van der Waals surface area contributed by atoms with Crippen LogP contribution in [0, 0.1) is 5.82 Å². The van der Waals surface area contributed by atoms with Crippen molar-refractivity contribution in [1.82, 2.24) is 9.97 Å². The van der Waals surface area contributed by atoms with Crippen LogP contribution in [-0.4, -0.2) is 9.97 Å². The highest BCUT2D eigenvalue weighted by molar-refractivity contribution is 7.15. The zero-order chi connectivity index (χ0) is 13.9. The Kier molecular flexibility index (Phi) is 3.54. The Balaban J connectivity index is 2.18. The minimum absolute atomic E-state index is 0.262. The average molecular weight is 285 g/mol. The molecule has 0 aliphatic heterocycles. The number of benzene rings is 1. The number of hydrogen-bond acceptors (Lipinski definition) is 4. The number of nitrogens with zero attached hydrogens (tertiary/aromatic N) is 2. The lowest BCUT2D eigenvalue weighted by Crippen LogP contribution is -1.94. The Labute approximate surface area is 119 Å². The Morgan fingerprint density at radius 1 is 1.15 bits per heavy atom. The summed E-state index contributed by atoms with van der Waals surface area (Å²) in [5.41, 5.74) is 8.19. The van der Waals surface area contributed by atoms with E-state index < -0.39 is 0 Å². The number of rotatable bonds is 3. The summed E-state index contributed by atoms with van der Waals surface area (Å²) in [5, 5.41) is 0.822. The van der Waals surface area contributed by atoms with E-state index in [1.165, 1.54) is 23.5 Å². The van der Waals surface area contributed by atoms with Gasteiger partial charge in [0.05, 0.1) is 10.6 Å². The molecule has 0 spiro atoms. The van der Waals surface area contributed by atoms with Gasteiger partial charge in [0.1, 0.15) is 10.8 Å². The SMILES string of the molecule is NCc1nc(-c2cccnc2)c(-c2cccc(F)c2)s1. The van der Waals surface area contributed by atoms with Crippen LogP contribution in [0.25, 0.3) is 21.7 Å². The molecule has 0 radical (unpaired) electrons. The summed E-state index contributed by atoms with van der Waals surface area (Å²) >= 11 is 1.49. The van der Waals surface area contributed by atoms with Gasteiger partial charge in [-0.3, -0.25) is 4.98 Å². The van der Waals surface area contributed by atoms with E-state index in [0.29, 0.717) is 6.54 Å². The lowest BCUT2D eigenvalue weighted by Gasteiger charge is -2.02. The van der Waals surface area contributed by atoms with Crippen LogP contribution in [0.4, 0.5) is 4.39 Å². The number of aromatic nitrogens is 2. The Morgan fingerprint density at radius 2 is 2.00 bits per heavy atom. The molecule has 0 bridgehead atoms. The Morgan fingerprint density at radius 3 is 2.70 bits per heavy atom. The molecule has 3 nitrogen and oxygen atoms in total. The molecule has 2 N–H and O–H groups in total. The summed E-state index contributed by atoms with van der Waals surface area (Å²) < 4.78 is 13.4. The van der Waals surface area contributed by atoms with Crippen molar-refractivity contribution >= 4 is 11.3 Å². The van der Waals surface area contributed by atoms with Gasteiger partial charge in [0.2, 0.25) is 0 Å². The van der Waals surface area contributed by atoms with Crippen molar-refractivity contribution in [2.45, 2.75) is 6.54 Å². The maximum Gasteiger partial charge on any atom is 0.123 e. The maximum absolute atomic E-state index is 13.4. The van der Waals surface area contributed by atoms with E-state index in [1.807, 2.05) is 18.2 Å². The summed E-state index contributed by atoms with van der Waals surface area (Å²) in [6, 6.07) is 10.3. The van der Waals surface area contributed by atoms with Crippen LogP contribution in [0.2, 0.25) is 0 Å². The highest BCUT2D eigenvalue weighted by Crippen LogP contribution is 2.36. The number of pyridine rings is 1. The van der Waals surface area contributed by atoms with Crippen molar-refractivity contribution in [1.29, 1.82) is 0 Å². The number of halogens is 1. The van der Waals surface area contributed by atoms with E-state index in [9.17, 15) is 4.39 Å². The minimum Gasteiger partial charge on any atom is -0.325 e. The first-order chi connectivity index (χ1) is 9.78. The van der Waals surface area contributed by atoms with Gasteiger partial charge in [0, 0.05) is 24.5 Å². The summed E-state index contributed by atoms with van der Waals surface area (Å²) in [6.07, 6.45) is 3.46. The Bertz CT molecular complexity index is 725. The van der Waals surface area contributed by atoms with Crippen LogP contribution in [-0.2, 0) is 6.54 Å². The van der Waals surface area contributed by atoms with Gasteiger partial charge in [-0.15, -0.1) is 11.3 Å². The van der Waals surface area contributed by atoms with Gasteiger partial charge < -0.3 is 5.73 Å². The molecule has 0 atom stereocenters. The maximum atomic E-state index is 13.4. The van der Waals surface area contributed by atoms with Gasteiger partial charge in [-0.2, -0.15) is 0 Å². The molecular formula is C15H12FN3S. The molecule has 5 heteroatoms. The molecule has 20 heavy (non-hydrogen) atoms. The fourth-order valence-corrected chi connectivity index (χ4v) is 2.94. The van der Waals surface area contributed by atoms with Crippen LogP contribution < -0.4 is 5.73 Å². The number of thiazole rings is 1. The van der Waals surface area contributed by atoms with Gasteiger partial charge in [0.15, 0.2) is 0 Å². The van der Waals surface area contributed by atoms with Crippen molar-refractivity contribution in [3.8, 4) is 21.7 Å². The van der Waals surface area contributed by atoms with Crippen molar-refractivity contribution in [2.75, 3.05) is 0 Å². The molecule has 0 saturated heterocycles. The molecule has 0 unspecified atom stereocenters. The predicted molar refractivity (Wildman–Crippen MR) is 78.6 cm³/mol. The van der Waals surface area contributed by atoms with E-state index in [0.717, 1.165) is 26.7 Å². The molecule has 0 aliphatic rings. The largest absolute Gasteiger partial charge is 0.325 e. The van der Waals surface area contributed by atoms with Crippen LogP contribution in [0.3, 0.4) is 0 Å². The normalized spacial score (nSPS) is 10.7. The highest BCUT2D eigenvalue weighted by atomic mass is 32.1. The van der Waals surface area contributed by atoms with Crippen LogP contribution in [0.5, 0.6) is 0 Å². The summed E-state index contributed by atoms with van der Waals surface area (Å²) in [4.78, 5) is 9.56. The van der Waals surface area contributed by atoms with Gasteiger partial charge >= 0.3 is 0 Å². The van der Waals surface area contributed by atoms with Crippen molar-refractivity contribution in [2.24, 2.45) is 5.73 Å². The highest BCUT2D eigenvalue weighted by Gasteiger charge is 2.14. The first kappa shape index (κ1) is 12.9. The fourth-order valence-electron chi connectivity index (χ4n) is 1.98. The standard InChI is InChI=1S/C15H12FN3S/c16-12-5-1-3-10(7-12)15-14(19-13(8-17)20-15)11-4-2-6-18-9-11/h1-7,9H,8,17H2. The third kappa shape index (κ3) is 2.45. The van der Waals surface area contributed by atoms with Crippen molar-refractivity contribution in [3.05, 3.63) is 59.6 Å². The third-order valence-electron chi connectivity index (χ3n) is 2.87. The van der Waals surface area contributed by atoms with E-state index in [4.69, 9.17) is 5.73 Å². The second kappa shape index (κ2) is 5.48. The lowest BCUT2D eigenvalue weighted by atomic mass is 10.1. The van der Waals surface area contributed by atoms with E-state index in [2.05, 4.69) is 9.97 Å². The van der Waals surface area contributed by atoms with Crippen LogP contribution in [0.1, 0.15) is 5.01 Å². The van der Waals surface area contributed by atoms with Gasteiger partial charge in [-0.1, -0.05) is 12.1 Å². The molecule has 1 aromatic carbocycles. The lowest BCUT2D eigenvalue weighted by molar-refractivity contribution is 0.628. The summed E-state index contributed by atoms with van der Waals surface area (Å²) in [5.74, 6) is -0.262. The van der Waals surface area contributed by atoms with Crippen LogP contribution >= 0.6 is 11.3 Å². The first-order valence-corrected chi connectivity index (χ1v) is 6.95. The average Bonchev–Trinajstić information content (AvgIpc) is 2.92. The molecule has 2 aromatic heterocycles. The second-order valence-electron chi connectivity index (χ2n) is 4.24. The van der Waals surface area contributed by atoms with Crippen molar-refractivity contribution < 1.29 is 4.39 Å². The molecule has 3 aromatic rings. The second-order valence-corrected chi connectivity index (χ2v) is 5.33. The van der Waals surface area contributed by atoms with Gasteiger partial charge in [0.25, 0.3) is 0 Å². The molecule has 0 saturated carbocycles. The molecule has 0 fully saturated rings. The van der Waals surface area contributed by atoms with Crippen LogP contribution in [0.15, 0.2) is 48.8 Å². The number of hydrogen-bond donors (Lipinski definition) is 1. The van der Waals surface area contributed by atoms with E-state index in [-0.39, 0.29) is 5.82 Å². The van der Waals surface area contributed by atoms with E-state index >= 15 is 0 Å². The third-order valence-corrected chi connectivity index (χ3v) is 3.99. The molecule has 3 rings (SSSR count). The molecular weight excluding hydrogens is 273 g/mol. The molecule has 100 valence electrons. The fraction of sp³-hybridized carbons (Fsp3) is 0.0667. The van der Waals surface area contributed by atoms with Crippen molar-refractivity contribution in [3.63, 3.8) is 0 Å². The van der Waals surface area contributed by atoms with E-state index in [1.54, 1.807) is 18.5 Å². The summed E-state index contributed by atoms with van der Waals surface area (Å²) in [7, 11) is 0. The topological polar surface area (TPSA) is 51.8 Å². The monoisotopic (exact) mass is 285 g/mol. The molecule has 0 aliphatic carbocycles. The zero-order valence-corrected chi connectivity index (χ0v) is 11.4. The quantitative estimate of drug-likeness (QED) is 0.801. The number of nitrogens with two attached hydrogens (primary N) is 1. The smallest absolute Gasteiger partial charge is 0.123 e. The first-order valence-electron chi connectivity index (χ1n) is 6.14. The minimum atomic E-state index is -0.262. The molecule has 2 heterocycles. The van der Waals surface area contributed by atoms with Gasteiger partial charge in [-0.25, -0.2) is 9.37 Å².